The number of benzene rings is 1. The smallest absolute Gasteiger partial charge is 0.353 e. The number of hydrogen-bond donors (Lipinski definition) is 3. The van der Waals surface area contributed by atoms with Crippen LogP contribution >= 0.6 is 7.60 Å². The van der Waals surface area contributed by atoms with Crippen LogP contribution in [-0.2, 0) is 36.5 Å². The summed E-state index contributed by atoms with van der Waals surface area (Å²) in [6.45, 7) is 0.718. The number of nitrogens with zero attached hydrogens (tertiary/aromatic N) is 3. The summed E-state index contributed by atoms with van der Waals surface area (Å²) in [6, 6.07) is 9.53. The first-order valence-corrected chi connectivity index (χ1v) is 11.5. The molecule has 0 aliphatic heterocycles. The van der Waals surface area contributed by atoms with Crippen LogP contribution in [0.1, 0.15) is 5.56 Å². The second kappa shape index (κ2) is 11.3. The molecule has 32 heavy (non-hydrogen) atoms. The molecule has 1 unspecified atom stereocenters. The maximum Gasteiger partial charge on any atom is 0.353 e. The first-order chi connectivity index (χ1) is 15.4. The SMILES string of the molecule is COC[C@H](COP(=O)(O)COCCn1cnc2c(=O)[nH]c(N)nc21)OCc1ccccc1. The fourth-order valence-electron chi connectivity index (χ4n) is 2.83. The van der Waals surface area contributed by atoms with Crippen LogP contribution in [0.15, 0.2) is 41.5 Å². The van der Waals surface area contributed by atoms with Crippen LogP contribution in [0.4, 0.5) is 5.95 Å². The van der Waals surface area contributed by atoms with Crippen molar-refractivity contribution < 1.29 is 28.2 Å². The summed E-state index contributed by atoms with van der Waals surface area (Å²) in [4.78, 5) is 32.2. The lowest BCUT2D eigenvalue weighted by Crippen LogP contribution is -2.25. The molecule has 174 valence electrons. The number of anilines is 1. The quantitative estimate of drug-likeness (QED) is 0.245. The van der Waals surface area contributed by atoms with E-state index in [1.165, 1.54) is 13.4 Å². The highest BCUT2D eigenvalue weighted by Gasteiger charge is 2.23. The van der Waals surface area contributed by atoms with Crippen molar-refractivity contribution in [2.45, 2.75) is 19.3 Å². The zero-order valence-corrected chi connectivity index (χ0v) is 18.4. The highest BCUT2D eigenvalue weighted by molar-refractivity contribution is 7.52. The number of rotatable bonds is 13. The molecule has 0 saturated carbocycles. The fraction of sp³-hybridized carbons (Fsp3) is 0.421. The Morgan fingerprint density at radius 2 is 2.06 bits per heavy atom. The van der Waals surface area contributed by atoms with E-state index in [0.717, 1.165) is 5.56 Å². The second-order valence-electron chi connectivity index (χ2n) is 6.91. The van der Waals surface area contributed by atoms with E-state index in [2.05, 4.69) is 15.0 Å². The highest BCUT2D eigenvalue weighted by Crippen LogP contribution is 2.41. The normalized spacial score (nSPS) is 14.4. The topological polar surface area (TPSA) is 164 Å². The summed E-state index contributed by atoms with van der Waals surface area (Å²) < 4.78 is 35.1. The molecule has 4 N–H and O–H groups in total. The molecular formula is C19H26N5O7P. The van der Waals surface area contributed by atoms with E-state index < -0.39 is 25.6 Å². The number of methoxy groups -OCH3 is 1. The van der Waals surface area contributed by atoms with Gasteiger partial charge in [0, 0.05) is 13.7 Å². The van der Waals surface area contributed by atoms with Gasteiger partial charge in [-0.1, -0.05) is 30.3 Å². The molecule has 2 heterocycles. The molecule has 3 aromatic rings. The molecule has 12 nitrogen and oxygen atoms in total. The van der Waals surface area contributed by atoms with Gasteiger partial charge in [0.05, 0.1) is 32.8 Å². The zero-order valence-electron chi connectivity index (χ0n) is 17.5. The maximum atomic E-state index is 12.3. The number of imidazole rings is 1. The van der Waals surface area contributed by atoms with Gasteiger partial charge in [-0.15, -0.1) is 0 Å². The molecule has 0 bridgehead atoms. The summed E-state index contributed by atoms with van der Waals surface area (Å²) in [5, 5.41) is 0. The summed E-state index contributed by atoms with van der Waals surface area (Å²) in [5.74, 6) is -0.0291. The standard InChI is InChI=1S/C19H26N5O7P/c1-28-10-15(30-9-14-5-3-2-4-6-14)11-31-32(26,27)13-29-8-7-24-12-21-16-17(24)22-19(20)23-18(16)25/h2-6,12,15H,7-11,13H2,1H3,(H,26,27)(H3,20,22,23,25)/t15-/m1/s1. The minimum atomic E-state index is -4.01. The Balaban J connectivity index is 1.44. The average Bonchev–Trinajstić information content (AvgIpc) is 3.17. The van der Waals surface area contributed by atoms with Gasteiger partial charge in [0.25, 0.3) is 5.56 Å². The number of aromatic nitrogens is 4. The lowest BCUT2D eigenvalue weighted by molar-refractivity contribution is -0.0366. The molecule has 1 aromatic carbocycles. The molecule has 0 amide bonds. The summed E-state index contributed by atoms with van der Waals surface area (Å²) >= 11 is 0. The number of fused-ring (bicyclic) bond motifs is 1. The summed E-state index contributed by atoms with van der Waals surface area (Å²) in [6.07, 6.45) is 0.394. The first-order valence-electron chi connectivity index (χ1n) is 9.77. The van der Waals surface area contributed by atoms with Crippen LogP contribution < -0.4 is 11.3 Å². The Morgan fingerprint density at radius 1 is 1.28 bits per heavy atom. The van der Waals surface area contributed by atoms with E-state index in [0.29, 0.717) is 12.3 Å². The van der Waals surface area contributed by atoms with E-state index >= 15 is 0 Å². The molecule has 0 radical (unpaired) electrons. The van der Waals surface area contributed by atoms with Crippen molar-refractivity contribution in [2.75, 3.05) is 39.0 Å². The Kier molecular flexibility index (Phi) is 8.51. The van der Waals surface area contributed by atoms with Gasteiger partial charge in [0.2, 0.25) is 5.95 Å². The molecule has 3 rings (SSSR count). The van der Waals surface area contributed by atoms with Crippen LogP contribution in [0, 0.1) is 0 Å². The third-order valence-corrected chi connectivity index (χ3v) is 5.43. The van der Waals surface area contributed by atoms with Gasteiger partial charge in [0.15, 0.2) is 11.2 Å². The van der Waals surface area contributed by atoms with Gasteiger partial charge >= 0.3 is 7.60 Å². The third-order valence-electron chi connectivity index (χ3n) is 4.37. The molecule has 13 heteroatoms. The first kappa shape index (κ1) is 24.1. The number of aromatic amines is 1. The molecule has 0 aliphatic carbocycles. The molecule has 2 aromatic heterocycles. The van der Waals surface area contributed by atoms with Crippen LogP contribution in [-0.4, -0.2) is 63.8 Å². The molecular weight excluding hydrogens is 441 g/mol. The predicted molar refractivity (Wildman–Crippen MR) is 116 cm³/mol. The van der Waals surface area contributed by atoms with Crippen LogP contribution in [0.5, 0.6) is 0 Å². The van der Waals surface area contributed by atoms with E-state index in [9.17, 15) is 14.3 Å². The number of nitrogens with two attached hydrogens (primary N) is 1. The number of nitrogen functional groups attached to an aromatic ring is 1. The van der Waals surface area contributed by atoms with E-state index in [-0.39, 0.29) is 37.8 Å². The number of H-pyrrole nitrogens is 1. The predicted octanol–water partition coefficient (Wildman–Crippen LogP) is 1.11. The van der Waals surface area contributed by atoms with Gasteiger partial charge < -0.3 is 33.9 Å². The van der Waals surface area contributed by atoms with Gasteiger partial charge in [0.1, 0.15) is 12.5 Å². The minimum Gasteiger partial charge on any atom is -0.382 e. The van der Waals surface area contributed by atoms with Gasteiger partial charge in [-0.3, -0.25) is 14.3 Å². The molecule has 2 atom stereocenters. The lowest BCUT2D eigenvalue weighted by atomic mass is 10.2. The lowest BCUT2D eigenvalue weighted by Gasteiger charge is -2.19. The van der Waals surface area contributed by atoms with E-state index in [4.69, 9.17) is 24.5 Å². The molecule has 0 spiro atoms. The summed E-state index contributed by atoms with van der Waals surface area (Å²) in [7, 11) is -2.50. The maximum absolute atomic E-state index is 12.3. The molecule has 0 saturated heterocycles. The fourth-order valence-corrected chi connectivity index (χ4v) is 3.67. The second-order valence-corrected chi connectivity index (χ2v) is 8.70. The molecule has 0 fully saturated rings. The Morgan fingerprint density at radius 3 is 2.81 bits per heavy atom. The van der Waals surface area contributed by atoms with Crippen molar-refractivity contribution in [2.24, 2.45) is 0 Å². The van der Waals surface area contributed by atoms with Crippen molar-refractivity contribution in [3.05, 3.63) is 52.6 Å². The minimum absolute atomic E-state index is 0.0291. The number of nitrogens with one attached hydrogen (secondary N) is 1. The van der Waals surface area contributed by atoms with E-state index in [1.807, 2.05) is 30.3 Å². The van der Waals surface area contributed by atoms with Crippen LogP contribution in [0.25, 0.3) is 11.2 Å². The largest absolute Gasteiger partial charge is 0.382 e. The Labute approximate surface area is 183 Å². The van der Waals surface area contributed by atoms with Crippen LogP contribution in [0.2, 0.25) is 0 Å². The van der Waals surface area contributed by atoms with Gasteiger partial charge in [-0.2, -0.15) is 4.98 Å². The third kappa shape index (κ3) is 6.95. The van der Waals surface area contributed by atoms with Crippen molar-refractivity contribution >= 4 is 24.7 Å². The van der Waals surface area contributed by atoms with Crippen molar-refractivity contribution in [3.8, 4) is 0 Å². The number of hydrogen-bond acceptors (Lipinski definition) is 9. The van der Waals surface area contributed by atoms with E-state index in [1.54, 1.807) is 4.57 Å². The monoisotopic (exact) mass is 467 g/mol. The average molecular weight is 467 g/mol. The Bertz CT molecular complexity index is 1100. The van der Waals surface area contributed by atoms with Crippen molar-refractivity contribution in [1.82, 2.24) is 19.5 Å². The van der Waals surface area contributed by atoms with Gasteiger partial charge in [-0.05, 0) is 5.56 Å². The van der Waals surface area contributed by atoms with Crippen molar-refractivity contribution in [3.63, 3.8) is 0 Å². The zero-order chi connectivity index (χ0) is 23.0. The Hall–Kier alpha value is -2.60. The molecule has 0 aliphatic rings. The number of ether oxygens (including phenoxy) is 3. The van der Waals surface area contributed by atoms with Crippen LogP contribution in [0.3, 0.4) is 0 Å². The van der Waals surface area contributed by atoms with Gasteiger partial charge in [-0.25, -0.2) is 4.98 Å². The highest BCUT2D eigenvalue weighted by atomic mass is 31.2. The summed E-state index contributed by atoms with van der Waals surface area (Å²) in [5.41, 5.74) is 6.53. The van der Waals surface area contributed by atoms with Crippen molar-refractivity contribution in [1.29, 1.82) is 0 Å².